The summed E-state index contributed by atoms with van der Waals surface area (Å²) in [5, 5.41) is 4.05. The Morgan fingerprint density at radius 1 is 1.10 bits per heavy atom. The van der Waals surface area contributed by atoms with Crippen LogP contribution in [-0.2, 0) is 14.8 Å². The van der Waals surface area contributed by atoms with Gasteiger partial charge in [0.05, 0.1) is 22.1 Å². The highest BCUT2D eigenvalue weighted by molar-refractivity contribution is 7.89. The monoisotopic (exact) mass is 464 g/mol. The van der Waals surface area contributed by atoms with E-state index < -0.39 is 10.0 Å². The average molecular weight is 465 g/mol. The van der Waals surface area contributed by atoms with Crippen LogP contribution in [0.4, 0.5) is 5.69 Å². The van der Waals surface area contributed by atoms with Crippen molar-refractivity contribution in [3.8, 4) is 0 Å². The number of benzene rings is 2. The van der Waals surface area contributed by atoms with Crippen LogP contribution >= 0.6 is 22.9 Å². The second-order valence-corrected chi connectivity index (χ2v) is 10.7. The normalized spacial score (nSPS) is 20.4. The van der Waals surface area contributed by atoms with E-state index in [0.717, 1.165) is 10.1 Å². The molecule has 2 heterocycles. The maximum atomic E-state index is 12.9. The molecular weight excluding hydrogens is 444 g/mol. The highest BCUT2D eigenvalue weighted by Crippen LogP contribution is 2.35. The number of fused-ring (bicyclic) bond motifs is 1. The summed E-state index contributed by atoms with van der Waals surface area (Å²) in [5.41, 5.74) is 0.496. The predicted molar refractivity (Wildman–Crippen MR) is 120 cm³/mol. The molecule has 1 fully saturated rings. The summed E-state index contributed by atoms with van der Waals surface area (Å²) >= 11 is 7.69. The Morgan fingerprint density at radius 3 is 2.37 bits per heavy atom. The van der Waals surface area contributed by atoms with Gasteiger partial charge in [0, 0.05) is 28.9 Å². The lowest BCUT2D eigenvalue weighted by atomic mass is 10.2. The van der Waals surface area contributed by atoms with E-state index in [1.165, 1.54) is 27.8 Å². The summed E-state index contributed by atoms with van der Waals surface area (Å²) in [6.07, 6.45) is -0.318. The van der Waals surface area contributed by atoms with Gasteiger partial charge in [-0.25, -0.2) is 8.42 Å². The molecule has 1 aliphatic heterocycles. The standard InChI is InChI=1S/C21H21ClN2O4S2/c1-13-11-24(12-14(2)28-13)30(26,27)16-9-7-15(8-10-16)23-21(25)20-19(22)17-5-3-4-6-18(17)29-20/h3-10,13-14H,11-12H2,1-2H3,(H,23,25)/t13-,14-/m0/s1. The van der Waals surface area contributed by atoms with E-state index in [2.05, 4.69) is 5.32 Å². The van der Waals surface area contributed by atoms with E-state index >= 15 is 0 Å². The molecule has 1 N–H and O–H groups in total. The van der Waals surface area contributed by atoms with Gasteiger partial charge in [0.1, 0.15) is 4.88 Å². The summed E-state index contributed by atoms with van der Waals surface area (Å²) < 4.78 is 33.9. The number of nitrogens with zero attached hydrogens (tertiary/aromatic N) is 1. The fraction of sp³-hybridized carbons (Fsp3) is 0.286. The van der Waals surface area contributed by atoms with E-state index in [1.54, 1.807) is 12.1 Å². The molecule has 158 valence electrons. The zero-order valence-electron chi connectivity index (χ0n) is 16.5. The van der Waals surface area contributed by atoms with E-state index in [0.29, 0.717) is 28.7 Å². The fourth-order valence-corrected chi connectivity index (χ4v) is 6.54. The van der Waals surface area contributed by atoms with Crippen molar-refractivity contribution in [2.45, 2.75) is 31.0 Å². The Morgan fingerprint density at radius 2 is 1.73 bits per heavy atom. The van der Waals surface area contributed by atoms with Crippen LogP contribution in [0.2, 0.25) is 5.02 Å². The molecule has 4 rings (SSSR count). The summed E-state index contributed by atoms with van der Waals surface area (Å²) in [6, 6.07) is 13.7. The third-order valence-electron chi connectivity index (χ3n) is 4.88. The second kappa shape index (κ2) is 8.28. The number of nitrogens with one attached hydrogen (secondary N) is 1. The van der Waals surface area contributed by atoms with Crippen LogP contribution in [-0.4, -0.2) is 43.9 Å². The predicted octanol–water partition coefficient (Wildman–Crippen LogP) is 4.60. The molecule has 1 amide bonds. The Hall–Kier alpha value is -1.97. The third kappa shape index (κ3) is 4.10. The first-order valence-corrected chi connectivity index (χ1v) is 12.1. The van der Waals surface area contributed by atoms with Gasteiger partial charge in [0.2, 0.25) is 10.0 Å². The molecule has 6 nitrogen and oxygen atoms in total. The molecule has 0 unspecified atom stereocenters. The largest absolute Gasteiger partial charge is 0.373 e. The van der Waals surface area contributed by atoms with Crippen LogP contribution in [0.1, 0.15) is 23.5 Å². The van der Waals surface area contributed by atoms with Crippen molar-refractivity contribution >= 4 is 54.6 Å². The maximum Gasteiger partial charge on any atom is 0.267 e. The number of carbonyl (C=O) groups excluding carboxylic acids is 1. The van der Waals surface area contributed by atoms with Crippen LogP contribution < -0.4 is 5.32 Å². The number of hydrogen-bond donors (Lipinski definition) is 1. The third-order valence-corrected chi connectivity index (χ3v) is 8.40. The number of rotatable bonds is 4. The molecule has 0 saturated carbocycles. The highest BCUT2D eigenvalue weighted by atomic mass is 35.5. The quantitative estimate of drug-likeness (QED) is 0.612. The van der Waals surface area contributed by atoms with Crippen LogP contribution in [0, 0.1) is 0 Å². The van der Waals surface area contributed by atoms with Gasteiger partial charge in [-0.2, -0.15) is 4.31 Å². The number of anilines is 1. The molecule has 0 radical (unpaired) electrons. The summed E-state index contributed by atoms with van der Waals surface area (Å²) in [4.78, 5) is 13.3. The first-order chi connectivity index (χ1) is 14.3. The van der Waals surface area contributed by atoms with E-state index in [9.17, 15) is 13.2 Å². The van der Waals surface area contributed by atoms with Crippen molar-refractivity contribution in [1.29, 1.82) is 0 Å². The van der Waals surface area contributed by atoms with Gasteiger partial charge in [-0.05, 0) is 44.2 Å². The SMILES string of the molecule is C[C@H]1CN(S(=O)(=O)c2ccc(NC(=O)c3sc4ccccc4c3Cl)cc2)C[C@H](C)O1. The molecule has 1 aliphatic rings. The zero-order chi connectivity index (χ0) is 21.5. The van der Waals surface area contributed by atoms with Crippen molar-refractivity contribution < 1.29 is 17.9 Å². The average Bonchev–Trinajstić information content (AvgIpc) is 3.05. The number of amides is 1. The van der Waals surface area contributed by atoms with Crippen LogP contribution in [0.25, 0.3) is 10.1 Å². The molecule has 2 atom stereocenters. The van der Waals surface area contributed by atoms with Crippen molar-refractivity contribution in [2.75, 3.05) is 18.4 Å². The number of halogens is 1. The van der Waals surface area contributed by atoms with Gasteiger partial charge in [0.25, 0.3) is 5.91 Å². The van der Waals surface area contributed by atoms with Gasteiger partial charge in [-0.3, -0.25) is 4.79 Å². The Labute approximate surface area is 184 Å². The van der Waals surface area contributed by atoms with Crippen LogP contribution in [0.5, 0.6) is 0 Å². The number of sulfonamides is 1. The summed E-state index contributed by atoms with van der Waals surface area (Å²) in [5.74, 6) is -0.326. The van der Waals surface area contributed by atoms with Crippen molar-refractivity contribution in [1.82, 2.24) is 4.31 Å². The molecule has 2 aromatic carbocycles. The van der Waals surface area contributed by atoms with Gasteiger partial charge in [-0.1, -0.05) is 29.8 Å². The molecule has 0 bridgehead atoms. The number of ether oxygens (including phenoxy) is 1. The minimum Gasteiger partial charge on any atom is -0.373 e. The Kier molecular flexibility index (Phi) is 5.87. The van der Waals surface area contributed by atoms with Crippen molar-refractivity contribution in [3.63, 3.8) is 0 Å². The van der Waals surface area contributed by atoms with Crippen LogP contribution in [0.3, 0.4) is 0 Å². The lowest BCUT2D eigenvalue weighted by Gasteiger charge is -2.34. The van der Waals surface area contributed by atoms with Gasteiger partial charge < -0.3 is 10.1 Å². The molecule has 3 aromatic rings. The maximum absolute atomic E-state index is 12.9. The minimum absolute atomic E-state index is 0.159. The molecule has 1 aromatic heterocycles. The van der Waals surface area contributed by atoms with E-state index in [1.807, 2.05) is 38.1 Å². The molecule has 1 saturated heterocycles. The van der Waals surface area contributed by atoms with Gasteiger partial charge in [0.15, 0.2) is 0 Å². The minimum atomic E-state index is -3.63. The molecule has 9 heteroatoms. The number of thiophene rings is 1. The molecule has 0 spiro atoms. The summed E-state index contributed by atoms with van der Waals surface area (Å²) in [7, 11) is -3.63. The zero-order valence-corrected chi connectivity index (χ0v) is 18.9. The molecule has 30 heavy (non-hydrogen) atoms. The second-order valence-electron chi connectivity index (χ2n) is 7.30. The Bertz CT molecular complexity index is 1180. The highest BCUT2D eigenvalue weighted by Gasteiger charge is 2.32. The fourth-order valence-electron chi connectivity index (χ4n) is 3.53. The van der Waals surface area contributed by atoms with E-state index in [4.69, 9.17) is 16.3 Å². The number of morpholine rings is 1. The Balaban J connectivity index is 1.52. The first kappa shape index (κ1) is 21.3. The first-order valence-electron chi connectivity index (χ1n) is 9.50. The summed E-state index contributed by atoms with van der Waals surface area (Å²) in [6.45, 7) is 4.34. The van der Waals surface area contributed by atoms with Crippen molar-refractivity contribution in [2.24, 2.45) is 0 Å². The van der Waals surface area contributed by atoms with Gasteiger partial charge >= 0.3 is 0 Å². The lowest BCUT2D eigenvalue weighted by molar-refractivity contribution is -0.0440. The lowest BCUT2D eigenvalue weighted by Crippen LogP contribution is -2.48. The molecular formula is C21H21ClN2O4S2. The topological polar surface area (TPSA) is 75.7 Å². The van der Waals surface area contributed by atoms with Crippen molar-refractivity contribution in [3.05, 3.63) is 58.4 Å². The van der Waals surface area contributed by atoms with Gasteiger partial charge in [-0.15, -0.1) is 11.3 Å². The smallest absolute Gasteiger partial charge is 0.267 e. The molecule has 0 aliphatic carbocycles. The number of carbonyl (C=O) groups is 1. The number of hydrogen-bond acceptors (Lipinski definition) is 5. The van der Waals surface area contributed by atoms with Crippen LogP contribution in [0.15, 0.2) is 53.4 Å². The van der Waals surface area contributed by atoms with E-state index in [-0.39, 0.29) is 23.0 Å².